The lowest BCUT2D eigenvalue weighted by atomic mass is 10.2. The molecule has 2 amide bonds. The Morgan fingerprint density at radius 2 is 2.04 bits per heavy atom. The van der Waals surface area contributed by atoms with E-state index in [-0.39, 0.29) is 22.8 Å². The Labute approximate surface area is 137 Å². The maximum atomic E-state index is 11.7. The van der Waals surface area contributed by atoms with Gasteiger partial charge in [-0.15, -0.1) is 0 Å². The molecule has 1 rings (SSSR count). The molecular formula is C12H16ClN3O6S. The summed E-state index contributed by atoms with van der Waals surface area (Å²) in [5, 5.41) is 4.67. The van der Waals surface area contributed by atoms with E-state index in [0.717, 1.165) is 13.2 Å². The Bertz CT molecular complexity index is 722. The van der Waals surface area contributed by atoms with Crippen molar-refractivity contribution in [2.45, 2.75) is 17.9 Å². The lowest BCUT2D eigenvalue weighted by Gasteiger charge is -2.13. The van der Waals surface area contributed by atoms with Crippen LogP contribution in [0.4, 0.5) is 10.5 Å². The molecule has 0 saturated carbocycles. The summed E-state index contributed by atoms with van der Waals surface area (Å²) < 4.78 is 36.1. The molecule has 1 aromatic carbocycles. The predicted molar refractivity (Wildman–Crippen MR) is 83.0 cm³/mol. The summed E-state index contributed by atoms with van der Waals surface area (Å²) in [4.78, 5) is 22.4. The van der Waals surface area contributed by atoms with E-state index in [0.29, 0.717) is 0 Å². The first-order chi connectivity index (χ1) is 10.6. The molecule has 0 fully saturated rings. The molecule has 0 radical (unpaired) electrons. The largest absolute Gasteiger partial charge is 0.468 e. The number of hydrogen-bond acceptors (Lipinski definition) is 6. The third-order valence-electron chi connectivity index (χ3n) is 2.82. The zero-order valence-corrected chi connectivity index (χ0v) is 13.9. The van der Waals surface area contributed by atoms with Gasteiger partial charge in [0.15, 0.2) is 0 Å². The van der Waals surface area contributed by atoms with Crippen LogP contribution in [-0.4, -0.2) is 44.7 Å². The van der Waals surface area contributed by atoms with Gasteiger partial charge >= 0.3 is 12.0 Å². The minimum Gasteiger partial charge on any atom is -0.468 e. The van der Waals surface area contributed by atoms with Gasteiger partial charge < -0.3 is 21.1 Å². The third kappa shape index (κ3) is 5.36. The van der Waals surface area contributed by atoms with Crippen LogP contribution in [0.2, 0.25) is 5.02 Å². The molecule has 0 aliphatic rings. The summed E-state index contributed by atoms with van der Waals surface area (Å²) >= 11 is 5.87. The first kappa shape index (κ1) is 19.2. The highest BCUT2D eigenvalue weighted by Gasteiger charge is 2.18. The van der Waals surface area contributed by atoms with Crippen molar-refractivity contribution in [1.29, 1.82) is 0 Å². The van der Waals surface area contributed by atoms with Crippen LogP contribution < -0.4 is 16.4 Å². The molecule has 0 aliphatic carbocycles. The highest BCUT2D eigenvalue weighted by Crippen LogP contribution is 2.27. The topological polar surface area (TPSA) is 148 Å². The molecular weight excluding hydrogens is 350 g/mol. The molecule has 0 bridgehead atoms. The number of nitrogens with one attached hydrogen (secondary N) is 2. The number of urea groups is 1. The average molecular weight is 366 g/mol. The lowest BCUT2D eigenvalue weighted by molar-refractivity contribution is -0.141. The minimum atomic E-state index is -4.49. The zero-order valence-electron chi connectivity index (χ0n) is 12.3. The number of esters is 1. The first-order valence-corrected chi connectivity index (χ1v) is 8.04. The van der Waals surface area contributed by atoms with Crippen LogP contribution in [0.1, 0.15) is 5.56 Å². The maximum Gasteiger partial charge on any atom is 0.324 e. The van der Waals surface area contributed by atoms with E-state index in [1.54, 1.807) is 0 Å². The summed E-state index contributed by atoms with van der Waals surface area (Å²) in [6.07, 6.45) is 0. The van der Waals surface area contributed by atoms with Gasteiger partial charge in [-0.2, -0.15) is 8.42 Å². The van der Waals surface area contributed by atoms with E-state index < -0.39 is 33.1 Å². The Hall–Kier alpha value is -1.88. The number of amides is 2. The maximum absolute atomic E-state index is 11.7. The quantitative estimate of drug-likeness (QED) is 0.439. The first-order valence-electron chi connectivity index (χ1n) is 6.22. The van der Waals surface area contributed by atoms with Gasteiger partial charge in [0.05, 0.1) is 7.11 Å². The molecule has 0 saturated heterocycles. The molecule has 0 aliphatic heterocycles. The SMILES string of the molecule is COC(=O)C(N)CNC(=O)Nc1cc(Cl)c(C)c(S(=O)(=O)O)c1. The second-order valence-corrected chi connectivity index (χ2v) is 6.32. The Morgan fingerprint density at radius 3 is 2.57 bits per heavy atom. The van der Waals surface area contributed by atoms with Crippen LogP contribution in [0.25, 0.3) is 0 Å². The van der Waals surface area contributed by atoms with Crippen molar-refractivity contribution in [3.05, 3.63) is 22.7 Å². The fourth-order valence-electron chi connectivity index (χ4n) is 1.61. The van der Waals surface area contributed by atoms with E-state index in [4.69, 9.17) is 21.9 Å². The van der Waals surface area contributed by atoms with Gasteiger partial charge in [0.2, 0.25) is 0 Å². The number of ether oxygens (including phenoxy) is 1. The van der Waals surface area contributed by atoms with Crippen LogP contribution >= 0.6 is 11.6 Å². The van der Waals surface area contributed by atoms with Crippen LogP contribution in [0.3, 0.4) is 0 Å². The average Bonchev–Trinajstić information content (AvgIpc) is 2.46. The Balaban J connectivity index is 2.84. The number of methoxy groups -OCH3 is 1. The van der Waals surface area contributed by atoms with Gasteiger partial charge in [-0.05, 0) is 24.6 Å². The number of hydrogen-bond donors (Lipinski definition) is 4. The monoisotopic (exact) mass is 365 g/mol. The molecule has 23 heavy (non-hydrogen) atoms. The molecule has 9 nitrogen and oxygen atoms in total. The summed E-state index contributed by atoms with van der Waals surface area (Å²) in [5.41, 5.74) is 5.63. The molecule has 0 heterocycles. The molecule has 1 atom stereocenters. The standard InChI is InChI=1S/C12H16ClN3O6S/c1-6-8(13)3-7(4-10(6)23(19,20)21)16-12(18)15-5-9(14)11(17)22-2/h3-4,9H,5,14H2,1-2H3,(H2,15,16,18)(H,19,20,21). The zero-order chi connectivity index (χ0) is 17.8. The van der Waals surface area contributed by atoms with E-state index >= 15 is 0 Å². The number of nitrogens with two attached hydrogens (primary N) is 1. The number of carbonyl (C=O) groups excluding carboxylic acids is 2. The van der Waals surface area contributed by atoms with Crippen LogP contribution in [0, 0.1) is 6.92 Å². The van der Waals surface area contributed by atoms with Crippen molar-refractivity contribution < 1.29 is 27.3 Å². The second-order valence-electron chi connectivity index (χ2n) is 4.52. The highest BCUT2D eigenvalue weighted by atomic mass is 35.5. The van der Waals surface area contributed by atoms with Gasteiger partial charge in [-0.1, -0.05) is 11.6 Å². The molecule has 128 valence electrons. The van der Waals surface area contributed by atoms with Crippen molar-refractivity contribution in [3.63, 3.8) is 0 Å². The van der Waals surface area contributed by atoms with E-state index in [2.05, 4.69) is 15.4 Å². The summed E-state index contributed by atoms with van der Waals surface area (Å²) in [6.45, 7) is 1.22. The molecule has 1 aromatic rings. The van der Waals surface area contributed by atoms with Crippen molar-refractivity contribution in [1.82, 2.24) is 5.32 Å². The van der Waals surface area contributed by atoms with Crippen LogP contribution in [0.5, 0.6) is 0 Å². The summed E-state index contributed by atoms with van der Waals surface area (Å²) in [5.74, 6) is -0.697. The number of benzene rings is 1. The summed E-state index contributed by atoms with van der Waals surface area (Å²) in [6, 6.07) is 0.577. The van der Waals surface area contributed by atoms with Crippen molar-refractivity contribution in [2.75, 3.05) is 19.0 Å². The number of anilines is 1. The van der Waals surface area contributed by atoms with Gasteiger partial charge in [0.25, 0.3) is 10.1 Å². The van der Waals surface area contributed by atoms with Crippen molar-refractivity contribution >= 4 is 39.4 Å². The Morgan fingerprint density at radius 1 is 1.43 bits per heavy atom. The van der Waals surface area contributed by atoms with Crippen LogP contribution in [0.15, 0.2) is 17.0 Å². The van der Waals surface area contributed by atoms with E-state index in [1.807, 2.05) is 0 Å². The molecule has 1 unspecified atom stereocenters. The van der Waals surface area contributed by atoms with Crippen LogP contribution in [-0.2, 0) is 19.6 Å². The minimum absolute atomic E-state index is 0.0392. The Kier molecular flexibility index (Phi) is 6.33. The molecule has 0 aromatic heterocycles. The van der Waals surface area contributed by atoms with Gasteiger partial charge in [-0.25, -0.2) is 4.79 Å². The summed E-state index contributed by atoms with van der Waals surface area (Å²) in [7, 11) is -3.33. The fourth-order valence-corrected chi connectivity index (χ4v) is 2.65. The predicted octanol–water partition coefficient (Wildman–Crippen LogP) is 0.517. The van der Waals surface area contributed by atoms with Gasteiger partial charge in [0, 0.05) is 17.3 Å². The van der Waals surface area contributed by atoms with Gasteiger partial charge in [-0.3, -0.25) is 9.35 Å². The second kappa shape index (κ2) is 7.59. The highest BCUT2D eigenvalue weighted by molar-refractivity contribution is 7.85. The van der Waals surface area contributed by atoms with Crippen molar-refractivity contribution in [2.24, 2.45) is 5.73 Å². The van der Waals surface area contributed by atoms with E-state index in [1.165, 1.54) is 13.0 Å². The van der Waals surface area contributed by atoms with Crippen molar-refractivity contribution in [3.8, 4) is 0 Å². The number of carbonyl (C=O) groups is 2. The normalized spacial score (nSPS) is 12.4. The molecule has 5 N–H and O–H groups in total. The van der Waals surface area contributed by atoms with E-state index in [9.17, 15) is 18.0 Å². The number of rotatable bonds is 5. The number of halogens is 1. The fraction of sp³-hybridized carbons (Fsp3) is 0.333. The lowest BCUT2D eigenvalue weighted by Crippen LogP contribution is -2.44. The third-order valence-corrected chi connectivity index (χ3v) is 4.19. The molecule has 11 heteroatoms. The van der Waals surface area contributed by atoms with Gasteiger partial charge in [0.1, 0.15) is 10.9 Å². The smallest absolute Gasteiger partial charge is 0.324 e. The molecule has 0 spiro atoms.